The van der Waals surface area contributed by atoms with Gasteiger partial charge in [-0.15, -0.1) is 0 Å². The first-order valence-electron chi connectivity index (χ1n) is 16.0. The molecule has 0 spiro atoms. The maximum atomic E-state index is 8.04. The van der Waals surface area contributed by atoms with E-state index in [1.165, 1.54) is 0 Å². The van der Waals surface area contributed by atoms with E-state index in [-0.39, 0.29) is 22.2 Å². The fourth-order valence-corrected chi connectivity index (χ4v) is 32.4. The number of benzene rings is 4. The van der Waals surface area contributed by atoms with Crippen LogP contribution in [0.3, 0.4) is 0 Å². The normalized spacial score (nSPS) is 27.9. The predicted molar refractivity (Wildman–Crippen MR) is 192 cm³/mol. The molecule has 44 heavy (non-hydrogen) atoms. The van der Waals surface area contributed by atoms with E-state index in [4.69, 9.17) is 16.5 Å². The molecule has 0 saturated carbocycles. The van der Waals surface area contributed by atoms with Gasteiger partial charge in [0.1, 0.15) is 0 Å². The van der Waals surface area contributed by atoms with Gasteiger partial charge in [-0.2, -0.15) is 0 Å². The highest BCUT2D eigenvalue weighted by Gasteiger charge is 2.68. The Labute approximate surface area is 269 Å². The topological polar surface area (TPSA) is 36.9 Å². The van der Waals surface area contributed by atoms with Gasteiger partial charge in [0, 0.05) is 0 Å². The van der Waals surface area contributed by atoms with Crippen molar-refractivity contribution in [3.63, 3.8) is 0 Å². The molecule has 0 unspecified atom stereocenters. The van der Waals surface area contributed by atoms with Crippen LogP contribution in [0, 0.1) is 0 Å². The molecule has 8 heteroatoms. The average Bonchev–Trinajstić information content (AvgIpc) is 3.03. The summed E-state index contributed by atoms with van der Waals surface area (Å²) in [7, 11) is -13.1. The zero-order chi connectivity index (χ0) is 31.6. The molecule has 4 nitrogen and oxygen atoms in total. The molecular formula is C36H48O4Si4. The maximum absolute atomic E-state index is 8.04. The van der Waals surface area contributed by atoms with Crippen LogP contribution in [0.15, 0.2) is 121 Å². The third-order valence-electron chi connectivity index (χ3n) is 8.96. The second-order valence-corrected chi connectivity index (χ2v) is 28.7. The van der Waals surface area contributed by atoms with Crippen LogP contribution in [0.25, 0.3) is 0 Å². The van der Waals surface area contributed by atoms with E-state index in [9.17, 15) is 0 Å². The smallest absolute Gasteiger partial charge is 0.358 e. The molecule has 0 N–H and O–H groups in total. The maximum Gasteiger partial charge on any atom is 0.358 e. The largest absolute Gasteiger partial charge is 0.408 e. The van der Waals surface area contributed by atoms with Crippen molar-refractivity contribution >= 4 is 55.0 Å². The molecule has 5 rings (SSSR count). The Morgan fingerprint density at radius 3 is 0.591 bits per heavy atom. The lowest BCUT2D eigenvalue weighted by Crippen LogP contribution is -2.82. The summed E-state index contributed by atoms with van der Waals surface area (Å²) in [5, 5.41) is 4.51. The molecule has 1 aliphatic rings. The summed E-state index contributed by atoms with van der Waals surface area (Å²) in [6, 6.07) is 42.8. The summed E-state index contributed by atoms with van der Waals surface area (Å²) < 4.78 is 32.2. The molecule has 1 aliphatic heterocycles. The van der Waals surface area contributed by atoms with Crippen molar-refractivity contribution in [2.45, 2.75) is 77.6 Å². The Bertz CT molecular complexity index is 1240. The molecule has 0 radical (unpaired) electrons. The molecule has 1 fully saturated rings. The zero-order valence-corrected chi connectivity index (χ0v) is 31.5. The number of hydrogen-bond donors (Lipinski definition) is 0. The minimum absolute atomic E-state index is 0.0886. The fourth-order valence-electron chi connectivity index (χ4n) is 6.41. The van der Waals surface area contributed by atoms with Crippen molar-refractivity contribution in [3.05, 3.63) is 121 Å². The van der Waals surface area contributed by atoms with Gasteiger partial charge < -0.3 is 16.5 Å². The average molecular weight is 657 g/mol. The fraction of sp³-hybridized carbons (Fsp3) is 0.333. The second kappa shape index (κ2) is 13.1. The predicted octanol–water partition coefficient (Wildman–Crippen LogP) is 7.10. The SMILES string of the molecule is CC(C)[Si]1(c2ccccc2)O[Si](c2ccccc2)(C(C)C)O[Si](c2ccccc2)(C(C)C)O[Si](c2ccccc2)(C(C)C)O1. The molecule has 0 amide bonds. The van der Waals surface area contributed by atoms with Crippen LogP contribution in [0.1, 0.15) is 55.4 Å². The van der Waals surface area contributed by atoms with Crippen molar-refractivity contribution in [1.82, 2.24) is 0 Å². The third-order valence-corrected chi connectivity index (χ3v) is 29.3. The van der Waals surface area contributed by atoms with Crippen molar-refractivity contribution in [2.75, 3.05) is 0 Å². The van der Waals surface area contributed by atoms with Gasteiger partial charge in [0.05, 0.1) is 0 Å². The molecule has 0 atom stereocenters. The van der Waals surface area contributed by atoms with Crippen LogP contribution >= 0.6 is 0 Å². The Morgan fingerprint density at radius 1 is 0.295 bits per heavy atom. The summed E-state index contributed by atoms with van der Waals surface area (Å²) >= 11 is 0. The highest BCUT2D eigenvalue weighted by molar-refractivity contribution is 7.07. The van der Waals surface area contributed by atoms with Gasteiger partial charge in [-0.1, -0.05) is 177 Å². The molecule has 0 aliphatic carbocycles. The zero-order valence-electron chi connectivity index (χ0n) is 27.5. The first-order valence-corrected chi connectivity index (χ1v) is 23.6. The van der Waals surface area contributed by atoms with Crippen LogP contribution in [0.2, 0.25) is 22.2 Å². The van der Waals surface area contributed by atoms with Crippen molar-refractivity contribution in [2.24, 2.45) is 0 Å². The number of hydrogen-bond acceptors (Lipinski definition) is 4. The van der Waals surface area contributed by atoms with E-state index < -0.39 is 34.2 Å². The molecule has 0 bridgehead atoms. The van der Waals surface area contributed by atoms with Gasteiger partial charge >= 0.3 is 34.2 Å². The van der Waals surface area contributed by atoms with Gasteiger partial charge in [-0.25, -0.2) is 0 Å². The summed E-state index contributed by atoms with van der Waals surface area (Å²) in [6.07, 6.45) is 0. The Kier molecular flexibility index (Phi) is 9.84. The highest BCUT2D eigenvalue weighted by Crippen LogP contribution is 2.45. The Hall–Kier alpha value is -2.41. The van der Waals surface area contributed by atoms with Crippen molar-refractivity contribution < 1.29 is 16.5 Å². The standard InChI is InChI=1S/C36H48O4Si4/c1-29(2)41(33-21-13-9-14-22-33)37-42(30(3)4,34-23-15-10-16-24-34)39-44(32(7)8,36-27-19-12-20-28-36)40-43(38-41,31(5)6)35-25-17-11-18-26-35/h9-32H,1-8H3. The summed E-state index contributed by atoms with van der Waals surface area (Å²) in [5.74, 6) is 0. The molecule has 1 saturated heterocycles. The lowest BCUT2D eigenvalue weighted by Gasteiger charge is -2.57. The minimum Gasteiger partial charge on any atom is -0.408 e. The van der Waals surface area contributed by atoms with Gasteiger partial charge in [0.2, 0.25) is 0 Å². The van der Waals surface area contributed by atoms with E-state index in [1.54, 1.807) is 0 Å². The van der Waals surface area contributed by atoms with Crippen LogP contribution in [-0.2, 0) is 16.5 Å². The first-order chi connectivity index (χ1) is 21.0. The monoisotopic (exact) mass is 656 g/mol. The quantitative estimate of drug-likeness (QED) is 0.190. The van der Waals surface area contributed by atoms with E-state index in [0.717, 1.165) is 20.7 Å². The lowest BCUT2D eigenvalue weighted by atomic mass is 10.4. The summed E-state index contributed by atoms with van der Waals surface area (Å²) in [4.78, 5) is 0. The van der Waals surface area contributed by atoms with Gasteiger partial charge in [0.15, 0.2) is 0 Å². The van der Waals surface area contributed by atoms with Gasteiger partial charge in [-0.3, -0.25) is 0 Å². The Morgan fingerprint density at radius 2 is 0.455 bits per heavy atom. The third kappa shape index (κ3) is 5.71. The highest BCUT2D eigenvalue weighted by atomic mass is 28.5. The van der Waals surface area contributed by atoms with E-state index >= 15 is 0 Å². The van der Waals surface area contributed by atoms with Crippen LogP contribution < -0.4 is 20.7 Å². The van der Waals surface area contributed by atoms with Crippen molar-refractivity contribution in [1.29, 1.82) is 0 Å². The Balaban J connectivity index is 1.94. The minimum atomic E-state index is -3.28. The first kappa shape index (κ1) is 33.0. The molecular weight excluding hydrogens is 609 g/mol. The molecule has 4 aromatic rings. The van der Waals surface area contributed by atoms with E-state index in [0.29, 0.717) is 0 Å². The van der Waals surface area contributed by atoms with Crippen LogP contribution in [-0.4, -0.2) is 34.2 Å². The molecule has 232 valence electrons. The second-order valence-electron chi connectivity index (χ2n) is 13.2. The lowest BCUT2D eigenvalue weighted by molar-refractivity contribution is 0.220. The van der Waals surface area contributed by atoms with E-state index in [2.05, 4.69) is 177 Å². The van der Waals surface area contributed by atoms with Crippen molar-refractivity contribution in [3.8, 4) is 0 Å². The van der Waals surface area contributed by atoms with Crippen LogP contribution in [0.5, 0.6) is 0 Å². The number of rotatable bonds is 8. The van der Waals surface area contributed by atoms with Crippen LogP contribution in [0.4, 0.5) is 0 Å². The molecule has 0 aromatic heterocycles. The van der Waals surface area contributed by atoms with Gasteiger partial charge in [0.25, 0.3) is 0 Å². The summed E-state index contributed by atoms with van der Waals surface area (Å²) in [6.45, 7) is 18.1. The van der Waals surface area contributed by atoms with E-state index in [1.807, 2.05) is 0 Å². The summed E-state index contributed by atoms with van der Waals surface area (Å²) in [5.41, 5.74) is 0.355. The van der Waals surface area contributed by atoms with Gasteiger partial charge in [-0.05, 0) is 42.9 Å². The molecule has 1 heterocycles. The molecule has 4 aromatic carbocycles.